The van der Waals surface area contributed by atoms with Crippen molar-refractivity contribution in [2.45, 2.75) is 0 Å². The van der Waals surface area contributed by atoms with Gasteiger partial charge in [-0.2, -0.15) is 0 Å². The summed E-state index contributed by atoms with van der Waals surface area (Å²) in [7, 11) is 0. The molecule has 9 aromatic rings. The van der Waals surface area contributed by atoms with Gasteiger partial charge in [-0.05, 0) is 85.8 Å². The molecule has 0 unspecified atom stereocenters. The van der Waals surface area contributed by atoms with Crippen molar-refractivity contribution < 1.29 is 0 Å². The lowest BCUT2D eigenvalue weighted by molar-refractivity contribution is 1.30. The number of hydrogen-bond acceptors (Lipinski definition) is 1. The molecule has 1 heteroatoms. The Kier molecular flexibility index (Phi) is 8.66. The van der Waals surface area contributed by atoms with Crippen LogP contribution in [0, 0.1) is 0 Å². The van der Waals surface area contributed by atoms with Gasteiger partial charge in [0.25, 0.3) is 0 Å². The Bertz CT molecular complexity index is 2510. The van der Waals surface area contributed by atoms with Crippen molar-refractivity contribution in [3.05, 3.63) is 224 Å². The molecule has 250 valence electrons. The van der Waals surface area contributed by atoms with Gasteiger partial charge in [0.15, 0.2) is 0 Å². The highest BCUT2D eigenvalue weighted by atomic mass is 15.1. The smallest absolute Gasteiger partial charge is 0.0624 e. The van der Waals surface area contributed by atoms with Crippen LogP contribution in [0.25, 0.3) is 66.4 Å². The maximum absolute atomic E-state index is 2.47. The summed E-state index contributed by atoms with van der Waals surface area (Å²) in [5.74, 6) is 0. The van der Waals surface area contributed by atoms with Crippen LogP contribution in [-0.4, -0.2) is 0 Å². The van der Waals surface area contributed by atoms with Gasteiger partial charge >= 0.3 is 0 Å². The highest BCUT2D eigenvalue weighted by Crippen LogP contribution is 2.51. The van der Waals surface area contributed by atoms with E-state index < -0.39 is 0 Å². The quantitative estimate of drug-likeness (QED) is 0.155. The predicted octanol–water partition coefficient (Wildman–Crippen LogP) is 14.6. The third-order valence-electron chi connectivity index (χ3n) is 10.1. The molecule has 9 aromatic carbocycles. The average Bonchev–Trinajstić information content (AvgIpc) is 3.25. The van der Waals surface area contributed by atoms with Crippen LogP contribution < -0.4 is 4.90 Å². The molecule has 0 fully saturated rings. The molecule has 0 aliphatic carbocycles. The lowest BCUT2D eigenvalue weighted by Crippen LogP contribution is -2.13. The van der Waals surface area contributed by atoms with Crippen molar-refractivity contribution in [2.75, 3.05) is 4.90 Å². The van der Waals surface area contributed by atoms with Gasteiger partial charge in [-0.1, -0.05) is 194 Å². The van der Waals surface area contributed by atoms with E-state index >= 15 is 0 Å². The Morgan fingerprint density at radius 3 is 1.08 bits per heavy atom. The molecular weight excluding hydrogens is 639 g/mol. The fourth-order valence-electron chi connectivity index (χ4n) is 7.52. The first-order valence-corrected chi connectivity index (χ1v) is 18.2. The van der Waals surface area contributed by atoms with Crippen LogP contribution in [0.2, 0.25) is 0 Å². The monoisotopic (exact) mass is 675 g/mol. The first kappa shape index (κ1) is 32.0. The van der Waals surface area contributed by atoms with Crippen LogP contribution in [0.3, 0.4) is 0 Å². The Hall–Kier alpha value is -6.96. The zero-order valence-electron chi connectivity index (χ0n) is 29.3. The fourth-order valence-corrected chi connectivity index (χ4v) is 7.52. The van der Waals surface area contributed by atoms with E-state index in [2.05, 4.69) is 229 Å². The molecule has 0 bridgehead atoms. The van der Waals surface area contributed by atoms with E-state index in [0.717, 1.165) is 17.1 Å². The molecule has 53 heavy (non-hydrogen) atoms. The molecule has 0 radical (unpaired) electrons. The minimum Gasteiger partial charge on any atom is -0.309 e. The third-order valence-corrected chi connectivity index (χ3v) is 10.1. The summed E-state index contributed by atoms with van der Waals surface area (Å²) in [6.07, 6.45) is 0. The van der Waals surface area contributed by atoms with Crippen molar-refractivity contribution in [1.29, 1.82) is 0 Å². The fraction of sp³-hybridized carbons (Fsp3) is 0. The summed E-state index contributed by atoms with van der Waals surface area (Å²) in [4.78, 5) is 2.47. The molecule has 0 atom stereocenters. The maximum Gasteiger partial charge on any atom is 0.0624 e. The number of fused-ring (bicyclic) bond motifs is 1. The molecule has 0 saturated carbocycles. The summed E-state index contributed by atoms with van der Waals surface area (Å²) in [5, 5.41) is 2.39. The number of benzene rings is 9. The van der Waals surface area contributed by atoms with Crippen molar-refractivity contribution in [1.82, 2.24) is 0 Å². The van der Waals surface area contributed by atoms with E-state index in [1.165, 1.54) is 66.4 Å². The second kappa shape index (κ2) is 14.3. The normalized spacial score (nSPS) is 11.0. The molecule has 9 rings (SSSR count). The van der Waals surface area contributed by atoms with Gasteiger partial charge in [0.2, 0.25) is 0 Å². The van der Waals surface area contributed by atoms with Crippen molar-refractivity contribution >= 4 is 27.8 Å². The molecule has 0 aliphatic heterocycles. The Balaban J connectivity index is 1.38. The van der Waals surface area contributed by atoms with Crippen LogP contribution in [0.15, 0.2) is 224 Å². The highest BCUT2D eigenvalue weighted by Gasteiger charge is 2.25. The number of anilines is 3. The molecule has 0 heterocycles. The van der Waals surface area contributed by atoms with Gasteiger partial charge in [0, 0.05) is 22.3 Å². The van der Waals surface area contributed by atoms with E-state index in [4.69, 9.17) is 0 Å². The van der Waals surface area contributed by atoms with Crippen LogP contribution in [-0.2, 0) is 0 Å². The number of hydrogen-bond donors (Lipinski definition) is 0. The van der Waals surface area contributed by atoms with Gasteiger partial charge in [-0.15, -0.1) is 0 Å². The Morgan fingerprint density at radius 2 is 0.623 bits per heavy atom. The van der Waals surface area contributed by atoms with Crippen LogP contribution in [0.4, 0.5) is 17.1 Å². The van der Waals surface area contributed by atoms with E-state index in [9.17, 15) is 0 Å². The van der Waals surface area contributed by atoms with Gasteiger partial charge in [-0.3, -0.25) is 0 Å². The van der Waals surface area contributed by atoms with Crippen LogP contribution >= 0.6 is 0 Å². The zero-order valence-corrected chi connectivity index (χ0v) is 29.3. The number of rotatable bonds is 8. The van der Waals surface area contributed by atoms with Crippen molar-refractivity contribution in [3.8, 4) is 55.6 Å². The largest absolute Gasteiger partial charge is 0.309 e. The van der Waals surface area contributed by atoms with Gasteiger partial charge in [0.05, 0.1) is 5.69 Å². The SMILES string of the molecule is c1ccc(-c2ccc(N(c3ccc(-c4ccccc4)cc3)c3c(-c4ccccc4)c(-c4ccccc4)cc4c(-c5ccccc5)cccc34)cc2)cc1. The molecule has 0 spiro atoms. The van der Waals surface area contributed by atoms with E-state index in [-0.39, 0.29) is 0 Å². The summed E-state index contributed by atoms with van der Waals surface area (Å²) >= 11 is 0. The zero-order chi connectivity index (χ0) is 35.4. The average molecular weight is 676 g/mol. The standard InChI is InChI=1S/C52H37N/c1-6-17-38(18-7-1)40-29-33-45(34-30-40)53(46-35-31-41(32-36-46)39-19-8-2-9-20-39)52-48-28-16-27-47(42-21-10-3-11-22-42)50(48)37-49(43-23-12-4-13-24-43)51(52)44-25-14-5-15-26-44/h1-37H. The first-order valence-electron chi connectivity index (χ1n) is 18.2. The minimum absolute atomic E-state index is 1.09. The van der Waals surface area contributed by atoms with Crippen LogP contribution in [0.1, 0.15) is 0 Å². The second-order valence-corrected chi connectivity index (χ2v) is 13.3. The molecule has 0 aromatic heterocycles. The topological polar surface area (TPSA) is 3.24 Å². The van der Waals surface area contributed by atoms with Crippen LogP contribution in [0.5, 0.6) is 0 Å². The van der Waals surface area contributed by atoms with Crippen molar-refractivity contribution in [2.24, 2.45) is 0 Å². The number of nitrogens with zero attached hydrogens (tertiary/aromatic N) is 1. The summed E-state index contributed by atoms with van der Waals surface area (Å²) in [5.41, 5.74) is 15.2. The Morgan fingerprint density at radius 1 is 0.245 bits per heavy atom. The molecular formula is C52H37N. The highest BCUT2D eigenvalue weighted by molar-refractivity contribution is 6.15. The predicted molar refractivity (Wildman–Crippen MR) is 226 cm³/mol. The lowest BCUT2D eigenvalue weighted by Gasteiger charge is -2.31. The van der Waals surface area contributed by atoms with Crippen molar-refractivity contribution in [3.63, 3.8) is 0 Å². The third kappa shape index (κ3) is 6.30. The van der Waals surface area contributed by atoms with Gasteiger partial charge in [-0.25, -0.2) is 0 Å². The molecule has 1 nitrogen and oxygen atoms in total. The minimum atomic E-state index is 1.09. The summed E-state index contributed by atoms with van der Waals surface area (Å²) in [6, 6.07) is 80.9. The second-order valence-electron chi connectivity index (χ2n) is 13.3. The Labute approximate surface area is 311 Å². The van der Waals surface area contributed by atoms with E-state index in [1.807, 2.05) is 0 Å². The van der Waals surface area contributed by atoms with E-state index in [1.54, 1.807) is 0 Å². The molecule has 0 saturated heterocycles. The summed E-state index contributed by atoms with van der Waals surface area (Å²) < 4.78 is 0. The van der Waals surface area contributed by atoms with Gasteiger partial charge < -0.3 is 4.90 Å². The first-order chi connectivity index (χ1) is 26.3. The maximum atomic E-state index is 2.47. The lowest BCUT2D eigenvalue weighted by atomic mass is 9.86. The molecule has 0 amide bonds. The van der Waals surface area contributed by atoms with Gasteiger partial charge in [0.1, 0.15) is 0 Å². The molecule has 0 aliphatic rings. The summed E-state index contributed by atoms with van der Waals surface area (Å²) in [6.45, 7) is 0. The molecule has 0 N–H and O–H groups in total. The van der Waals surface area contributed by atoms with E-state index in [0.29, 0.717) is 0 Å².